The highest BCUT2D eigenvalue weighted by Crippen LogP contribution is 2.53. The molecular weight excluding hydrogens is 588 g/mol. The molecule has 1 spiro atoms. The highest BCUT2D eigenvalue weighted by molar-refractivity contribution is 5.97. The maximum Gasteiger partial charge on any atom is 0.318 e. The Kier molecular flexibility index (Phi) is 7.79. The maximum absolute atomic E-state index is 13.8. The molecule has 46 heavy (non-hydrogen) atoms. The molecule has 3 aromatic rings. The summed E-state index contributed by atoms with van der Waals surface area (Å²) in [7, 11) is 0. The number of amides is 1. The topological polar surface area (TPSA) is 88.8 Å². The van der Waals surface area contributed by atoms with Crippen LogP contribution in [0, 0.1) is 18.3 Å². The van der Waals surface area contributed by atoms with Gasteiger partial charge in [-0.2, -0.15) is 15.2 Å². The second-order valence-electron chi connectivity index (χ2n) is 13.1. The number of nitriles is 1. The number of ether oxygens (including phenoxy) is 1. The van der Waals surface area contributed by atoms with Gasteiger partial charge in [0, 0.05) is 67.7 Å². The van der Waals surface area contributed by atoms with Crippen LogP contribution in [-0.2, 0) is 17.8 Å². The van der Waals surface area contributed by atoms with Crippen molar-refractivity contribution in [3.05, 3.63) is 65.9 Å². The largest absolute Gasteiger partial charge is 0.462 e. The number of alkyl halides is 2. The molecule has 240 valence electrons. The summed E-state index contributed by atoms with van der Waals surface area (Å²) >= 11 is 0. The maximum atomic E-state index is 13.8. The van der Waals surface area contributed by atoms with Gasteiger partial charge < -0.3 is 19.4 Å². The summed E-state index contributed by atoms with van der Waals surface area (Å²) in [5.74, 6) is -2.06. The first kappa shape index (κ1) is 30.4. The Morgan fingerprint density at radius 1 is 1.15 bits per heavy atom. The molecule has 1 aromatic heterocycles. The Balaban J connectivity index is 1.23. The molecule has 2 aromatic carbocycles. The number of carbonyl (C=O) groups excluding carboxylic acids is 1. The van der Waals surface area contributed by atoms with E-state index in [2.05, 4.69) is 65.8 Å². The van der Waals surface area contributed by atoms with Gasteiger partial charge in [-0.15, -0.1) is 0 Å². The van der Waals surface area contributed by atoms with Crippen LogP contribution < -0.4 is 14.5 Å². The number of rotatable bonds is 8. The molecule has 4 aliphatic rings. The van der Waals surface area contributed by atoms with Crippen molar-refractivity contribution in [2.75, 3.05) is 55.7 Å². The number of nitrogens with zero attached hydrogens (tertiary/aromatic N) is 7. The lowest BCUT2D eigenvalue weighted by atomic mass is 9.92. The van der Waals surface area contributed by atoms with E-state index < -0.39 is 5.92 Å². The first-order valence-corrected chi connectivity index (χ1v) is 16.1. The molecule has 9 nitrogen and oxygen atoms in total. The number of aryl methyl sites for hydroxylation is 1. The second-order valence-corrected chi connectivity index (χ2v) is 13.1. The van der Waals surface area contributed by atoms with Crippen LogP contribution in [0.15, 0.2) is 49.1 Å². The fraction of sp³-hybridized carbons (Fsp3) is 0.486. The first-order valence-electron chi connectivity index (χ1n) is 16.1. The molecule has 0 bridgehead atoms. The molecule has 4 heterocycles. The van der Waals surface area contributed by atoms with E-state index in [0.717, 1.165) is 36.3 Å². The van der Waals surface area contributed by atoms with Crippen LogP contribution in [0.4, 0.5) is 20.3 Å². The van der Waals surface area contributed by atoms with Crippen molar-refractivity contribution in [2.45, 2.75) is 63.1 Å². The van der Waals surface area contributed by atoms with Crippen molar-refractivity contribution < 1.29 is 18.3 Å². The molecule has 11 heteroatoms. The predicted molar refractivity (Wildman–Crippen MR) is 172 cm³/mol. The smallest absolute Gasteiger partial charge is 0.318 e. The van der Waals surface area contributed by atoms with E-state index in [0.29, 0.717) is 39.3 Å². The number of hydrogen-bond acceptors (Lipinski definition) is 8. The van der Waals surface area contributed by atoms with Crippen LogP contribution in [0.2, 0.25) is 0 Å². The van der Waals surface area contributed by atoms with Crippen molar-refractivity contribution in [2.24, 2.45) is 0 Å². The van der Waals surface area contributed by atoms with Gasteiger partial charge in [0.2, 0.25) is 5.91 Å². The van der Waals surface area contributed by atoms with Crippen molar-refractivity contribution in [3.8, 4) is 12.1 Å². The van der Waals surface area contributed by atoms with E-state index in [9.17, 15) is 18.8 Å². The zero-order valence-corrected chi connectivity index (χ0v) is 26.2. The number of hydrogen-bond donors (Lipinski definition) is 0. The van der Waals surface area contributed by atoms with Crippen molar-refractivity contribution in [1.82, 2.24) is 19.8 Å². The standard InChI is InChI=1S/C35H39F2N7O2/c1-3-30(45)43-17-16-42(21-26(43)10-14-38)32-27-20-34(11-12-34)44(29-9-5-8-25-7-4-6-24(2)31(25)29)22-28(27)39-33(40-32)46-19-18-41-15-13-35(36,37)23-41/h3-9,26H,1,10-13,15-23H2,2H3/t26-/m0/s1. The Morgan fingerprint density at radius 3 is 2.67 bits per heavy atom. The Morgan fingerprint density at radius 2 is 1.96 bits per heavy atom. The normalized spacial score (nSPS) is 21.7. The van der Waals surface area contributed by atoms with E-state index >= 15 is 0 Å². The van der Waals surface area contributed by atoms with Crippen LogP contribution >= 0.6 is 0 Å². The van der Waals surface area contributed by atoms with Gasteiger partial charge >= 0.3 is 6.01 Å². The molecule has 1 amide bonds. The number of carbonyl (C=O) groups is 1. The molecule has 3 aliphatic heterocycles. The second kappa shape index (κ2) is 11.8. The summed E-state index contributed by atoms with van der Waals surface area (Å²) in [6.45, 7) is 8.47. The van der Waals surface area contributed by atoms with E-state index in [1.54, 1.807) is 9.80 Å². The average molecular weight is 628 g/mol. The highest BCUT2D eigenvalue weighted by atomic mass is 19.3. The minimum atomic E-state index is -2.66. The zero-order valence-electron chi connectivity index (χ0n) is 26.2. The number of benzene rings is 2. The van der Waals surface area contributed by atoms with E-state index in [1.165, 1.54) is 28.1 Å². The van der Waals surface area contributed by atoms with Gasteiger partial charge in [0.1, 0.15) is 12.4 Å². The van der Waals surface area contributed by atoms with Crippen LogP contribution in [0.1, 0.15) is 42.5 Å². The van der Waals surface area contributed by atoms with Crippen LogP contribution in [0.5, 0.6) is 6.01 Å². The number of fused-ring (bicyclic) bond motifs is 2. The Bertz CT molecular complexity index is 1710. The minimum Gasteiger partial charge on any atom is -0.462 e. The zero-order chi connectivity index (χ0) is 32.1. The molecule has 3 fully saturated rings. The fourth-order valence-electron chi connectivity index (χ4n) is 7.54. The summed E-state index contributed by atoms with van der Waals surface area (Å²) in [5, 5.41) is 12.0. The van der Waals surface area contributed by atoms with Crippen molar-refractivity contribution in [3.63, 3.8) is 0 Å². The number of aromatic nitrogens is 2. The van der Waals surface area contributed by atoms with Gasteiger partial charge in [-0.25, -0.2) is 8.78 Å². The summed E-state index contributed by atoms with van der Waals surface area (Å²) in [4.78, 5) is 30.6. The number of anilines is 2. The van der Waals surface area contributed by atoms with Gasteiger partial charge in [0.05, 0.1) is 37.3 Å². The number of piperazine rings is 1. The van der Waals surface area contributed by atoms with E-state index in [1.807, 2.05) is 0 Å². The third kappa shape index (κ3) is 5.64. The van der Waals surface area contributed by atoms with Gasteiger partial charge in [-0.1, -0.05) is 36.9 Å². The summed E-state index contributed by atoms with van der Waals surface area (Å²) < 4.78 is 33.7. The molecule has 7 rings (SSSR count). The van der Waals surface area contributed by atoms with Crippen molar-refractivity contribution in [1.29, 1.82) is 5.26 Å². The third-order valence-electron chi connectivity index (χ3n) is 10.1. The Labute approximate surface area is 268 Å². The van der Waals surface area contributed by atoms with Gasteiger partial charge in [-0.3, -0.25) is 9.69 Å². The minimum absolute atomic E-state index is 0.0439. The third-order valence-corrected chi connectivity index (χ3v) is 10.1. The lowest BCUT2D eigenvalue weighted by Gasteiger charge is -2.44. The molecule has 1 atom stereocenters. The molecule has 1 saturated carbocycles. The molecule has 0 unspecified atom stereocenters. The van der Waals surface area contributed by atoms with E-state index in [4.69, 9.17) is 14.7 Å². The summed E-state index contributed by atoms with van der Waals surface area (Å²) in [5.41, 5.74) is 4.35. The fourth-order valence-corrected chi connectivity index (χ4v) is 7.54. The van der Waals surface area contributed by atoms with Crippen LogP contribution in [0.3, 0.4) is 0 Å². The quantitative estimate of drug-likeness (QED) is 0.327. The summed E-state index contributed by atoms with van der Waals surface area (Å²) in [6.07, 6.45) is 4.26. The highest BCUT2D eigenvalue weighted by Gasteiger charge is 2.52. The van der Waals surface area contributed by atoms with Gasteiger partial charge in [-0.05, 0) is 42.9 Å². The van der Waals surface area contributed by atoms with Gasteiger partial charge in [0.15, 0.2) is 0 Å². The van der Waals surface area contributed by atoms with Gasteiger partial charge in [0.25, 0.3) is 5.92 Å². The van der Waals surface area contributed by atoms with Crippen LogP contribution in [-0.4, -0.2) is 89.1 Å². The number of halogens is 2. The average Bonchev–Trinajstić information content (AvgIpc) is 3.72. The first-order chi connectivity index (χ1) is 22.2. The lowest BCUT2D eigenvalue weighted by Crippen LogP contribution is -2.55. The van der Waals surface area contributed by atoms with Crippen LogP contribution in [0.25, 0.3) is 10.8 Å². The predicted octanol–water partition coefficient (Wildman–Crippen LogP) is 4.87. The Hall–Kier alpha value is -4.30. The SMILES string of the molecule is C=CC(=O)N1CCN(c2nc(OCCN3CCC(F)(F)C3)nc3c2CC2(CC2)N(c2cccc4cccc(C)c24)C3)C[C@@H]1CC#N. The monoisotopic (exact) mass is 627 g/mol. The van der Waals surface area contributed by atoms with E-state index in [-0.39, 0.29) is 49.5 Å². The molecular formula is C35H39F2N7O2. The molecule has 1 aliphatic carbocycles. The summed E-state index contributed by atoms with van der Waals surface area (Å²) in [6, 6.07) is 15.0. The molecule has 0 radical (unpaired) electrons. The van der Waals surface area contributed by atoms with Crippen molar-refractivity contribution >= 4 is 28.2 Å². The number of likely N-dealkylation sites (tertiary alicyclic amines) is 1. The molecule has 2 saturated heterocycles. The lowest BCUT2D eigenvalue weighted by molar-refractivity contribution is -0.128. The molecule has 0 N–H and O–H groups in total.